The molecule has 4 heteroatoms. The smallest absolute Gasteiger partial charge is 0.193 e. The average molecular weight is 388 g/mol. The molecule has 0 atom stereocenters. The topological polar surface area (TPSA) is 31.4 Å². The maximum atomic E-state index is 5.94. The van der Waals surface area contributed by atoms with E-state index in [2.05, 4.69) is 43.1 Å². The fourth-order valence-electron chi connectivity index (χ4n) is 3.54. The SMILES string of the molecule is CCCCCCCc1ccc(-c2ccc([C@H]3OC[C@H](CCC)CO3)s2)cn1. The fraction of sp³-hybridized carbons (Fsp3) is 0.609. The summed E-state index contributed by atoms with van der Waals surface area (Å²) < 4.78 is 11.9. The zero-order valence-electron chi connectivity index (χ0n) is 16.8. The van der Waals surface area contributed by atoms with Gasteiger partial charge in [0.25, 0.3) is 0 Å². The van der Waals surface area contributed by atoms with Crippen molar-refractivity contribution in [2.75, 3.05) is 13.2 Å². The lowest BCUT2D eigenvalue weighted by Gasteiger charge is -2.28. The van der Waals surface area contributed by atoms with Crippen LogP contribution in [0, 0.1) is 5.92 Å². The van der Waals surface area contributed by atoms with E-state index >= 15 is 0 Å². The normalized spacial score (nSPS) is 20.1. The Morgan fingerprint density at radius 3 is 2.48 bits per heavy atom. The standard InChI is InChI=1S/C23H33NO2S/c1-3-5-6-7-8-10-20-12-11-19(15-24-20)21-13-14-22(27-21)23-25-16-18(9-4-2)17-26-23/h11-15,18,23H,3-10,16-17H2,1-2H3/t18-,23-. The second kappa shape index (κ2) is 10.9. The highest BCUT2D eigenvalue weighted by Gasteiger charge is 2.24. The number of thiophene rings is 1. The largest absolute Gasteiger partial charge is 0.347 e. The first-order chi connectivity index (χ1) is 13.3. The van der Waals surface area contributed by atoms with Crippen LogP contribution in [0.2, 0.25) is 0 Å². The Kier molecular flexibility index (Phi) is 8.31. The third-order valence-corrected chi connectivity index (χ3v) is 6.32. The number of unbranched alkanes of at least 4 members (excludes halogenated alkanes) is 4. The maximum absolute atomic E-state index is 5.94. The third kappa shape index (κ3) is 6.13. The number of ether oxygens (including phenoxy) is 2. The van der Waals surface area contributed by atoms with Gasteiger partial charge in [-0.25, -0.2) is 0 Å². The van der Waals surface area contributed by atoms with Crippen molar-refractivity contribution in [3.63, 3.8) is 0 Å². The molecular formula is C23H33NO2S. The summed E-state index contributed by atoms with van der Waals surface area (Å²) in [5.41, 5.74) is 2.38. The van der Waals surface area contributed by atoms with Crippen LogP contribution < -0.4 is 0 Å². The van der Waals surface area contributed by atoms with Gasteiger partial charge in [-0.2, -0.15) is 0 Å². The quantitative estimate of drug-likeness (QED) is 0.421. The molecule has 0 radical (unpaired) electrons. The predicted molar refractivity (Wildman–Crippen MR) is 113 cm³/mol. The molecule has 0 unspecified atom stereocenters. The van der Waals surface area contributed by atoms with E-state index in [4.69, 9.17) is 9.47 Å². The van der Waals surface area contributed by atoms with Crippen LogP contribution in [0.5, 0.6) is 0 Å². The number of rotatable bonds is 10. The summed E-state index contributed by atoms with van der Waals surface area (Å²) in [6.07, 6.45) is 11.8. The van der Waals surface area contributed by atoms with Gasteiger partial charge in [0.05, 0.1) is 18.1 Å². The van der Waals surface area contributed by atoms with Gasteiger partial charge in [-0.05, 0) is 37.5 Å². The molecule has 0 N–H and O–H groups in total. The molecule has 2 aromatic heterocycles. The summed E-state index contributed by atoms with van der Waals surface area (Å²) in [7, 11) is 0. The van der Waals surface area contributed by atoms with Crippen LogP contribution >= 0.6 is 11.3 Å². The van der Waals surface area contributed by atoms with Crippen LogP contribution in [0.4, 0.5) is 0 Å². The lowest BCUT2D eigenvalue weighted by atomic mass is 10.1. The molecule has 3 rings (SSSR count). The van der Waals surface area contributed by atoms with Crippen molar-refractivity contribution in [1.82, 2.24) is 4.98 Å². The molecule has 0 bridgehead atoms. The van der Waals surface area contributed by atoms with E-state index in [1.165, 1.54) is 61.1 Å². The molecule has 0 saturated carbocycles. The van der Waals surface area contributed by atoms with Crippen LogP contribution in [0.15, 0.2) is 30.5 Å². The van der Waals surface area contributed by atoms with Gasteiger partial charge in [0, 0.05) is 28.2 Å². The molecule has 3 nitrogen and oxygen atoms in total. The van der Waals surface area contributed by atoms with Crippen molar-refractivity contribution in [2.24, 2.45) is 5.92 Å². The van der Waals surface area contributed by atoms with E-state index in [-0.39, 0.29) is 6.29 Å². The predicted octanol–water partition coefficient (Wildman–Crippen LogP) is 6.78. The van der Waals surface area contributed by atoms with Gasteiger partial charge in [-0.15, -0.1) is 11.3 Å². The molecule has 1 aliphatic heterocycles. The van der Waals surface area contributed by atoms with Crippen LogP contribution in [-0.4, -0.2) is 18.2 Å². The summed E-state index contributed by atoms with van der Waals surface area (Å²) in [5.74, 6) is 0.546. The number of hydrogen-bond acceptors (Lipinski definition) is 4. The molecule has 1 saturated heterocycles. The molecule has 0 aromatic carbocycles. The van der Waals surface area contributed by atoms with E-state index in [1.54, 1.807) is 11.3 Å². The van der Waals surface area contributed by atoms with Crippen LogP contribution in [0.3, 0.4) is 0 Å². The molecular weight excluding hydrogens is 354 g/mol. The number of hydrogen-bond donors (Lipinski definition) is 0. The van der Waals surface area contributed by atoms with Crippen LogP contribution in [0.1, 0.15) is 75.7 Å². The molecule has 0 aliphatic carbocycles. The Balaban J connectivity index is 1.51. The molecule has 0 amide bonds. The van der Waals surface area contributed by atoms with Gasteiger partial charge in [-0.1, -0.05) is 52.0 Å². The summed E-state index contributed by atoms with van der Waals surface area (Å²) in [6, 6.07) is 8.67. The number of nitrogens with zero attached hydrogens (tertiary/aromatic N) is 1. The Hall–Kier alpha value is -1.23. The van der Waals surface area contributed by atoms with Gasteiger partial charge in [0.2, 0.25) is 0 Å². The molecule has 27 heavy (non-hydrogen) atoms. The van der Waals surface area contributed by atoms with E-state index in [9.17, 15) is 0 Å². The minimum atomic E-state index is -0.202. The summed E-state index contributed by atoms with van der Waals surface area (Å²) in [4.78, 5) is 7.05. The Morgan fingerprint density at radius 1 is 0.963 bits per heavy atom. The second-order valence-electron chi connectivity index (χ2n) is 7.56. The van der Waals surface area contributed by atoms with Crippen molar-refractivity contribution < 1.29 is 9.47 Å². The van der Waals surface area contributed by atoms with Gasteiger partial charge in [0.1, 0.15) is 0 Å². The average Bonchev–Trinajstić information content (AvgIpc) is 3.19. The summed E-state index contributed by atoms with van der Waals surface area (Å²) >= 11 is 1.75. The molecule has 1 aliphatic rings. The minimum absolute atomic E-state index is 0.202. The van der Waals surface area contributed by atoms with Gasteiger partial charge in [-0.3, -0.25) is 4.98 Å². The molecule has 0 spiro atoms. The van der Waals surface area contributed by atoms with Gasteiger partial charge >= 0.3 is 0 Å². The van der Waals surface area contributed by atoms with E-state index in [0.29, 0.717) is 5.92 Å². The highest BCUT2D eigenvalue weighted by molar-refractivity contribution is 7.15. The molecule has 3 heterocycles. The molecule has 2 aromatic rings. The highest BCUT2D eigenvalue weighted by Crippen LogP contribution is 2.35. The second-order valence-corrected chi connectivity index (χ2v) is 8.67. The first-order valence-corrected chi connectivity index (χ1v) is 11.4. The number of aryl methyl sites for hydroxylation is 1. The van der Waals surface area contributed by atoms with Crippen LogP contribution in [0.25, 0.3) is 10.4 Å². The zero-order valence-corrected chi connectivity index (χ0v) is 17.6. The fourth-order valence-corrected chi connectivity index (χ4v) is 4.54. The monoisotopic (exact) mass is 387 g/mol. The van der Waals surface area contributed by atoms with Crippen molar-refractivity contribution >= 4 is 11.3 Å². The molecule has 148 valence electrons. The molecule has 1 fully saturated rings. The Labute approximate surface area is 168 Å². The third-order valence-electron chi connectivity index (χ3n) is 5.17. The summed E-state index contributed by atoms with van der Waals surface area (Å²) in [5, 5.41) is 0. The van der Waals surface area contributed by atoms with E-state index in [1.807, 2.05) is 6.20 Å². The minimum Gasteiger partial charge on any atom is -0.347 e. The van der Waals surface area contributed by atoms with Crippen molar-refractivity contribution in [3.05, 3.63) is 41.0 Å². The van der Waals surface area contributed by atoms with Crippen molar-refractivity contribution in [3.8, 4) is 10.4 Å². The maximum Gasteiger partial charge on any atom is 0.193 e. The van der Waals surface area contributed by atoms with Crippen molar-refractivity contribution in [2.45, 2.75) is 71.5 Å². The first kappa shape index (κ1) is 20.5. The van der Waals surface area contributed by atoms with Crippen molar-refractivity contribution in [1.29, 1.82) is 0 Å². The first-order valence-electron chi connectivity index (χ1n) is 10.6. The Bertz CT molecular complexity index is 659. The van der Waals surface area contributed by atoms with E-state index in [0.717, 1.165) is 24.5 Å². The zero-order chi connectivity index (χ0) is 18.9. The van der Waals surface area contributed by atoms with E-state index < -0.39 is 0 Å². The Morgan fingerprint density at radius 2 is 1.78 bits per heavy atom. The van der Waals surface area contributed by atoms with Gasteiger partial charge < -0.3 is 9.47 Å². The lowest BCUT2D eigenvalue weighted by Crippen LogP contribution is -2.26. The number of pyridine rings is 1. The van der Waals surface area contributed by atoms with Gasteiger partial charge in [0.15, 0.2) is 6.29 Å². The van der Waals surface area contributed by atoms with Crippen LogP contribution in [-0.2, 0) is 15.9 Å². The summed E-state index contributed by atoms with van der Waals surface area (Å²) in [6.45, 7) is 6.08. The lowest BCUT2D eigenvalue weighted by molar-refractivity contribution is -0.204. The number of aromatic nitrogens is 1. The highest BCUT2D eigenvalue weighted by atomic mass is 32.1.